The lowest BCUT2D eigenvalue weighted by molar-refractivity contribution is -0.119. The molecule has 1 aromatic carbocycles. The maximum atomic E-state index is 12.0. The maximum absolute atomic E-state index is 12.0. The Morgan fingerprint density at radius 3 is 2.85 bits per heavy atom. The number of rotatable bonds is 5. The van der Waals surface area contributed by atoms with Crippen molar-refractivity contribution >= 4 is 44.8 Å². The van der Waals surface area contributed by atoms with Gasteiger partial charge in [0.2, 0.25) is 0 Å². The zero-order valence-electron chi connectivity index (χ0n) is 13.7. The van der Waals surface area contributed by atoms with Crippen molar-refractivity contribution in [3.8, 4) is 11.3 Å². The summed E-state index contributed by atoms with van der Waals surface area (Å²) in [5, 5.41) is 5.65. The molecule has 0 atom stereocenters. The SMILES string of the molecule is Cc1nc(-c2cccc(NC(=O)COC(=O)c3cncc(Br)c3)c2)cs1. The third kappa shape index (κ3) is 4.74. The average molecular weight is 432 g/mol. The van der Waals surface area contributed by atoms with Gasteiger partial charge in [0.1, 0.15) is 0 Å². The number of nitrogens with one attached hydrogen (secondary N) is 1. The van der Waals surface area contributed by atoms with Crippen LogP contribution in [0, 0.1) is 6.92 Å². The number of carbonyl (C=O) groups excluding carboxylic acids is 2. The minimum absolute atomic E-state index is 0.271. The number of amides is 1. The summed E-state index contributed by atoms with van der Waals surface area (Å²) in [6, 6.07) is 8.92. The third-order valence-corrected chi connectivity index (χ3v) is 4.54. The zero-order valence-corrected chi connectivity index (χ0v) is 16.1. The van der Waals surface area contributed by atoms with Crippen LogP contribution in [0.5, 0.6) is 0 Å². The highest BCUT2D eigenvalue weighted by molar-refractivity contribution is 9.10. The van der Waals surface area contributed by atoms with Crippen molar-refractivity contribution in [1.29, 1.82) is 0 Å². The quantitative estimate of drug-likeness (QED) is 0.615. The van der Waals surface area contributed by atoms with E-state index in [1.807, 2.05) is 30.5 Å². The standard InChI is InChI=1S/C18H14BrN3O3S/c1-11-21-16(10-26-11)12-3-2-4-15(6-12)22-17(23)9-25-18(24)13-5-14(19)8-20-7-13/h2-8,10H,9H2,1H3,(H,22,23). The predicted octanol–water partition coefficient (Wildman–Crippen LogP) is 4.07. The summed E-state index contributed by atoms with van der Waals surface area (Å²) >= 11 is 4.79. The van der Waals surface area contributed by atoms with Crippen molar-refractivity contribution in [2.24, 2.45) is 0 Å². The van der Waals surface area contributed by atoms with Gasteiger partial charge in [-0.1, -0.05) is 12.1 Å². The van der Waals surface area contributed by atoms with Crippen LogP contribution in [0.3, 0.4) is 0 Å². The van der Waals surface area contributed by atoms with Gasteiger partial charge in [-0.15, -0.1) is 11.3 Å². The van der Waals surface area contributed by atoms with Gasteiger partial charge < -0.3 is 10.1 Å². The van der Waals surface area contributed by atoms with Crippen LogP contribution in [0.15, 0.2) is 52.6 Å². The van der Waals surface area contributed by atoms with Crippen LogP contribution in [0.2, 0.25) is 0 Å². The van der Waals surface area contributed by atoms with Crippen molar-refractivity contribution in [3.63, 3.8) is 0 Å². The number of thiazole rings is 1. The Bertz CT molecular complexity index is 958. The number of benzene rings is 1. The number of pyridine rings is 1. The molecule has 2 aromatic heterocycles. The van der Waals surface area contributed by atoms with E-state index in [1.165, 1.54) is 6.20 Å². The maximum Gasteiger partial charge on any atom is 0.340 e. The van der Waals surface area contributed by atoms with Gasteiger partial charge in [-0.25, -0.2) is 9.78 Å². The minimum Gasteiger partial charge on any atom is -0.452 e. The molecule has 0 aliphatic carbocycles. The second kappa shape index (κ2) is 8.20. The Morgan fingerprint density at radius 2 is 2.12 bits per heavy atom. The number of aromatic nitrogens is 2. The molecular weight excluding hydrogens is 418 g/mol. The molecule has 0 saturated heterocycles. The number of carbonyl (C=O) groups is 2. The number of hydrogen-bond donors (Lipinski definition) is 1. The lowest BCUT2D eigenvalue weighted by Gasteiger charge is -2.08. The van der Waals surface area contributed by atoms with E-state index in [-0.39, 0.29) is 12.2 Å². The lowest BCUT2D eigenvalue weighted by atomic mass is 10.1. The minimum atomic E-state index is -0.611. The van der Waals surface area contributed by atoms with Crippen LogP contribution in [0.4, 0.5) is 5.69 Å². The molecule has 26 heavy (non-hydrogen) atoms. The summed E-state index contributed by atoms with van der Waals surface area (Å²) < 4.78 is 5.67. The molecule has 0 fully saturated rings. The van der Waals surface area contributed by atoms with Crippen LogP contribution < -0.4 is 5.32 Å². The Kier molecular flexibility index (Phi) is 5.75. The van der Waals surface area contributed by atoms with E-state index in [1.54, 1.807) is 29.7 Å². The summed E-state index contributed by atoms with van der Waals surface area (Å²) in [6.45, 7) is 1.56. The Hall–Kier alpha value is -2.58. The smallest absolute Gasteiger partial charge is 0.340 e. The predicted molar refractivity (Wildman–Crippen MR) is 103 cm³/mol. The van der Waals surface area contributed by atoms with Gasteiger partial charge in [-0.05, 0) is 41.1 Å². The molecule has 0 aliphatic rings. The second-order valence-electron chi connectivity index (χ2n) is 5.35. The first kappa shape index (κ1) is 18.2. The van der Waals surface area contributed by atoms with E-state index in [9.17, 15) is 9.59 Å². The average Bonchev–Trinajstić information content (AvgIpc) is 3.06. The number of esters is 1. The number of aryl methyl sites for hydroxylation is 1. The molecule has 2 heterocycles. The van der Waals surface area contributed by atoms with E-state index < -0.39 is 11.9 Å². The van der Waals surface area contributed by atoms with Gasteiger partial charge in [0.25, 0.3) is 5.91 Å². The number of ether oxygens (including phenoxy) is 1. The molecule has 132 valence electrons. The molecule has 3 rings (SSSR count). The van der Waals surface area contributed by atoms with Crippen molar-refractivity contribution in [3.05, 3.63) is 63.1 Å². The van der Waals surface area contributed by atoms with Crippen molar-refractivity contribution in [2.45, 2.75) is 6.92 Å². The highest BCUT2D eigenvalue weighted by Crippen LogP contribution is 2.24. The van der Waals surface area contributed by atoms with E-state index in [4.69, 9.17) is 4.74 Å². The molecule has 1 amide bonds. The first-order chi connectivity index (χ1) is 12.5. The van der Waals surface area contributed by atoms with Crippen molar-refractivity contribution in [2.75, 3.05) is 11.9 Å². The monoisotopic (exact) mass is 431 g/mol. The molecule has 0 radical (unpaired) electrons. The van der Waals surface area contributed by atoms with Gasteiger partial charge in [-0.2, -0.15) is 0 Å². The Morgan fingerprint density at radius 1 is 1.27 bits per heavy atom. The number of halogens is 1. The number of hydrogen-bond acceptors (Lipinski definition) is 6. The summed E-state index contributed by atoms with van der Waals surface area (Å²) in [6.07, 6.45) is 2.94. The topological polar surface area (TPSA) is 81.2 Å². The highest BCUT2D eigenvalue weighted by atomic mass is 79.9. The lowest BCUT2D eigenvalue weighted by Crippen LogP contribution is -2.21. The molecule has 0 spiro atoms. The summed E-state index contributed by atoms with van der Waals surface area (Å²) in [7, 11) is 0. The fraction of sp³-hybridized carbons (Fsp3) is 0.111. The molecule has 8 heteroatoms. The summed E-state index contributed by atoms with van der Waals surface area (Å²) in [4.78, 5) is 32.3. The third-order valence-electron chi connectivity index (χ3n) is 3.34. The van der Waals surface area contributed by atoms with E-state index in [0.29, 0.717) is 10.2 Å². The second-order valence-corrected chi connectivity index (χ2v) is 7.33. The first-order valence-corrected chi connectivity index (χ1v) is 9.28. The number of nitrogens with zero attached hydrogens (tertiary/aromatic N) is 2. The number of anilines is 1. The van der Waals surface area contributed by atoms with Gasteiger partial charge in [0, 0.05) is 33.5 Å². The zero-order chi connectivity index (χ0) is 18.5. The normalized spacial score (nSPS) is 10.4. The van der Waals surface area contributed by atoms with Crippen LogP contribution in [0.1, 0.15) is 15.4 Å². The van der Waals surface area contributed by atoms with E-state index in [0.717, 1.165) is 16.3 Å². The Balaban J connectivity index is 1.59. The fourth-order valence-electron chi connectivity index (χ4n) is 2.19. The summed E-state index contributed by atoms with van der Waals surface area (Å²) in [5.74, 6) is -1.03. The van der Waals surface area contributed by atoms with Crippen LogP contribution in [-0.4, -0.2) is 28.5 Å². The van der Waals surface area contributed by atoms with Crippen LogP contribution in [0.25, 0.3) is 11.3 Å². The molecule has 0 aliphatic heterocycles. The molecule has 1 N–H and O–H groups in total. The Labute approximate surface area is 162 Å². The fourth-order valence-corrected chi connectivity index (χ4v) is 3.17. The molecule has 0 saturated carbocycles. The van der Waals surface area contributed by atoms with Crippen LogP contribution >= 0.6 is 27.3 Å². The summed E-state index contributed by atoms with van der Waals surface area (Å²) in [5.41, 5.74) is 2.65. The van der Waals surface area contributed by atoms with Gasteiger partial charge in [0.15, 0.2) is 6.61 Å². The van der Waals surface area contributed by atoms with E-state index in [2.05, 4.69) is 31.2 Å². The van der Waals surface area contributed by atoms with Gasteiger partial charge in [-0.3, -0.25) is 9.78 Å². The molecule has 3 aromatic rings. The first-order valence-electron chi connectivity index (χ1n) is 7.61. The van der Waals surface area contributed by atoms with Gasteiger partial charge >= 0.3 is 5.97 Å². The molecular formula is C18H14BrN3O3S. The molecule has 0 bridgehead atoms. The van der Waals surface area contributed by atoms with Crippen molar-refractivity contribution in [1.82, 2.24) is 9.97 Å². The highest BCUT2D eigenvalue weighted by Gasteiger charge is 2.12. The molecule has 0 unspecified atom stereocenters. The van der Waals surface area contributed by atoms with Crippen LogP contribution in [-0.2, 0) is 9.53 Å². The largest absolute Gasteiger partial charge is 0.452 e. The van der Waals surface area contributed by atoms with E-state index >= 15 is 0 Å². The van der Waals surface area contributed by atoms with Gasteiger partial charge in [0.05, 0.1) is 16.3 Å². The van der Waals surface area contributed by atoms with Crippen molar-refractivity contribution < 1.29 is 14.3 Å². The molecule has 6 nitrogen and oxygen atoms in total.